The minimum atomic E-state index is -4.65. The zero-order valence-corrected chi connectivity index (χ0v) is 13.4. The van der Waals surface area contributed by atoms with Crippen LogP contribution in [0.2, 0.25) is 0 Å². The van der Waals surface area contributed by atoms with Crippen molar-refractivity contribution in [3.8, 4) is 0 Å². The van der Waals surface area contributed by atoms with E-state index >= 15 is 0 Å². The maximum atomic E-state index is 13.4. The standard InChI is InChI=1S/C10H7BrClF4NO3S/c1-17(4-10(14,15)16)9(18)6-2-5(13)3-7(8(6)11)21(12,19)20/h2-3H,4H2,1H3. The van der Waals surface area contributed by atoms with Crippen LogP contribution in [0.5, 0.6) is 0 Å². The van der Waals surface area contributed by atoms with Crippen LogP contribution in [-0.4, -0.2) is 39.0 Å². The fourth-order valence-corrected chi connectivity index (χ4v) is 3.70. The first-order valence-corrected chi connectivity index (χ1v) is 8.19. The molecule has 0 N–H and O–H groups in total. The molecule has 0 radical (unpaired) electrons. The number of rotatable bonds is 3. The van der Waals surface area contributed by atoms with Gasteiger partial charge in [-0.1, -0.05) is 0 Å². The van der Waals surface area contributed by atoms with Crippen molar-refractivity contribution in [3.63, 3.8) is 0 Å². The van der Waals surface area contributed by atoms with Gasteiger partial charge in [0.1, 0.15) is 17.3 Å². The summed E-state index contributed by atoms with van der Waals surface area (Å²) in [6.07, 6.45) is -4.65. The molecule has 0 aliphatic carbocycles. The first-order valence-electron chi connectivity index (χ1n) is 5.09. The monoisotopic (exact) mass is 411 g/mol. The Kier molecular flexibility index (Phi) is 5.27. The highest BCUT2D eigenvalue weighted by Crippen LogP contribution is 2.31. The van der Waals surface area contributed by atoms with Gasteiger partial charge in [0.2, 0.25) is 0 Å². The molecule has 0 saturated heterocycles. The Morgan fingerprint density at radius 3 is 2.33 bits per heavy atom. The zero-order valence-electron chi connectivity index (χ0n) is 10.2. The van der Waals surface area contributed by atoms with Crippen LogP contribution in [0.1, 0.15) is 10.4 Å². The van der Waals surface area contributed by atoms with Gasteiger partial charge in [-0.3, -0.25) is 4.79 Å². The van der Waals surface area contributed by atoms with Crippen molar-refractivity contribution in [1.82, 2.24) is 4.90 Å². The highest BCUT2D eigenvalue weighted by molar-refractivity contribution is 9.10. The molecule has 0 atom stereocenters. The molecular formula is C10H7BrClF4NO3S. The topological polar surface area (TPSA) is 54.5 Å². The average Bonchev–Trinajstić information content (AvgIpc) is 2.27. The Labute approximate surface area is 130 Å². The molecule has 1 rings (SSSR count). The Morgan fingerprint density at radius 1 is 1.38 bits per heavy atom. The van der Waals surface area contributed by atoms with Crippen LogP contribution in [-0.2, 0) is 9.05 Å². The second-order valence-corrected chi connectivity index (χ2v) is 7.31. The number of benzene rings is 1. The summed E-state index contributed by atoms with van der Waals surface area (Å²) in [5, 5.41) is 0. The van der Waals surface area contributed by atoms with Gasteiger partial charge in [-0.15, -0.1) is 0 Å². The molecule has 1 amide bonds. The van der Waals surface area contributed by atoms with E-state index in [4.69, 9.17) is 10.7 Å². The predicted octanol–water partition coefficient (Wildman–Crippen LogP) is 3.15. The van der Waals surface area contributed by atoms with E-state index in [9.17, 15) is 30.8 Å². The summed E-state index contributed by atoms with van der Waals surface area (Å²) in [5.41, 5.74) is -0.582. The van der Waals surface area contributed by atoms with E-state index in [1.54, 1.807) is 0 Å². The molecular weight excluding hydrogens is 406 g/mol. The van der Waals surface area contributed by atoms with E-state index in [0.717, 1.165) is 7.05 Å². The highest BCUT2D eigenvalue weighted by atomic mass is 79.9. The first-order chi connectivity index (χ1) is 9.33. The van der Waals surface area contributed by atoms with E-state index in [1.165, 1.54) is 0 Å². The maximum absolute atomic E-state index is 13.4. The molecule has 0 bridgehead atoms. The lowest BCUT2D eigenvalue weighted by atomic mass is 10.2. The van der Waals surface area contributed by atoms with Crippen molar-refractivity contribution in [2.45, 2.75) is 11.1 Å². The number of nitrogens with zero attached hydrogens (tertiary/aromatic N) is 1. The van der Waals surface area contributed by atoms with Gasteiger partial charge in [-0.25, -0.2) is 12.8 Å². The molecule has 118 valence electrons. The van der Waals surface area contributed by atoms with E-state index in [2.05, 4.69) is 15.9 Å². The third-order valence-corrected chi connectivity index (χ3v) is 4.72. The molecule has 1 aromatic carbocycles. The SMILES string of the molecule is CN(CC(F)(F)F)C(=O)c1cc(F)cc(S(=O)(=O)Cl)c1Br. The molecule has 1 aromatic rings. The molecule has 0 heterocycles. The summed E-state index contributed by atoms with van der Waals surface area (Å²) >= 11 is 2.74. The summed E-state index contributed by atoms with van der Waals surface area (Å²) in [6.45, 7) is -1.57. The summed E-state index contributed by atoms with van der Waals surface area (Å²) in [4.78, 5) is 11.4. The van der Waals surface area contributed by atoms with Gasteiger partial charge in [0.05, 0.1) is 10.0 Å². The number of alkyl halides is 3. The smallest absolute Gasteiger partial charge is 0.333 e. The summed E-state index contributed by atoms with van der Waals surface area (Å²) in [7, 11) is 1.54. The van der Waals surface area contributed by atoms with Crippen molar-refractivity contribution in [1.29, 1.82) is 0 Å². The lowest BCUT2D eigenvalue weighted by molar-refractivity contribution is -0.138. The Bertz CT molecular complexity index is 678. The Hall–Kier alpha value is -0.870. The predicted molar refractivity (Wildman–Crippen MR) is 70.2 cm³/mol. The van der Waals surface area contributed by atoms with E-state index < -0.39 is 48.4 Å². The van der Waals surface area contributed by atoms with Crippen molar-refractivity contribution in [3.05, 3.63) is 28.0 Å². The largest absolute Gasteiger partial charge is 0.406 e. The van der Waals surface area contributed by atoms with Crippen LogP contribution in [0.25, 0.3) is 0 Å². The summed E-state index contributed by atoms with van der Waals surface area (Å²) in [5.74, 6) is -2.33. The number of halogens is 6. The van der Waals surface area contributed by atoms with Crippen LogP contribution < -0.4 is 0 Å². The molecule has 0 fully saturated rings. The first kappa shape index (κ1) is 18.2. The second-order valence-electron chi connectivity index (χ2n) is 3.98. The van der Waals surface area contributed by atoms with Crippen LogP contribution in [0.3, 0.4) is 0 Å². The van der Waals surface area contributed by atoms with Crippen LogP contribution in [0, 0.1) is 5.82 Å². The Balaban J connectivity index is 3.32. The van der Waals surface area contributed by atoms with E-state index in [-0.39, 0.29) is 4.90 Å². The van der Waals surface area contributed by atoms with Crippen molar-refractivity contribution < 1.29 is 30.8 Å². The van der Waals surface area contributed by atoms with Crippen LogP contribution in [0.4, 0.5) is 17.6 Å². The molecule has 0 aliphatic heterocycles. The van der Waals surface area contributed by atoms with Crippen molar-refractivity contribution >= 4 is 41.6 Å². The van der Waals surface area contributed by atoms with Gasteiger partial charge < -0.3 is 4.90 Å². The van der Waals surface area contributed by atoms with Crippen molar-refractivity contribution in [2.24, 2.45) is 0 Å². The molecule has 0 aromatic heterocycles. The molecule has 21 heavy (non-hydrogen) atoms. The second kappa shape index (κ2) is 6.09. The number of carbonyl (C=O) groups excluding carboxylic acids is 1. The summed E-state index contributed by atoms with van der Waals surface area (Å²) < 4.78 is 72.1. The molecule has 11 heteroatoms. The van der Waals surface area contributed by atoms with Crippen molar-refractivity contribution in [2.75, 3.05) is 13.6 Å². The van der Waals surface area contributed by atoms with Gasteiger partial charge in [0.25, 0.3) is 15.0 Å². The lowest BCUT2D eigenvalue weighted by Gasteiger charge is -2.20. The van der Waals surface area contributed by atoms with Gasteiger partial charge in [0.15, 0.2) is 0 Å². The molecule has 0 aliphatic rings. The zero-order chi connectivity index (χ0) is 16.6. The normalized spacial score (nSPS) is 12.3. The number of amides is 1. The van der Waals surface area contributed by atoms with Crippen LogP contribution >= 0.6 is 26.6 Å². The van der Waals surface area contributed by atoms with Crippen LogP contribution in [0.15, 0.2) is 21.5 Å². The maximum Gasteiger partial charge on any atom is 0.406 e. The third-order valence-electron chi connectivity index (χ3n) is 2.26. The minimum Gasteiger partial charge on any atom is -0.333 e. The van der Waals surface area contributed by atoms with E-state index in [1.807, 2.05) is 0 Å². The van der Waals surface area contributed by atoms with Gasteiger partial charge in [-0.05, 0) is 28.1 Å². The molecule has 0 spiro atoms. The van der Waals surface area contributed by atoms with Gasteiger partial charge in [-0.2, -0.15) is 13.2 Å². The Morgan fingerprint density at radius 2 is 1.90 bits per heavy atom. The highest BCUT2D eigenvalue weighted by Gasteiger charge is 2.33. The molecule has 0 saturated carbocycles. The van der Waals surface area contributed by atoms with Gasteiger partial charge in [0, 0.05) is 17.7 Å². The molecule has 0 unspecified atom stereocenters. The average molecular weight is 413 g/mol. The van der Waals surface area contributed by atoms with Gasteiger partial charge >= 0.3 is 6.18 Å². The van der Waals surface area contributed by atoms with E-state index in [0.29, 0.717) is 12.1 Å². The fraction of sp³-hybridized carbons (Fsp3) is 0.300. The quantitative estimate of drug-likeness (QED) is 0.566. The number of carbonyl (C=O) groups is 1. The summed E-state index contributed by atoms with van der Waals surface area (Å²) in [6, 6.07) is 1.16. The number of hydrogen-bond acceptors (Lipinski definition) is 3. The fourth-order valence-electron chi connectivity index (χ4n) is 1.44. The minimum absolute atomic E-state index is 0.282. The lowest BCUT2D eigenvalue weighted by Crippen LogP contribution is -2.36. The third kappa shape index (κ3) is 4.82. The molecule has 4 nitrogen and oxygen atoms in total. The number of hydrogen-bond donors (Lipinski definition) is 0.